The molecule has 0 aliphatic heterocycles. The Labute approximate surface area is 136 Å². The SMILES string of the molecule is C=C1CC[C@@H]2CC[C@@H]3[C@@H](CC[C@@]4(C)[C@@H]3CC[C@]4(C)O)[C@@]2(C)C1. The molecule has 4 rings (SSSR count). The Bertz CT molecular complexity index is 492. The molecule has 4 aliphatic carbocycles. The molecule has 0 radical (unpaired) electrons. The molecule has 7 atom stereocenters. The molecule has 1 nitrogen and oxygen atoms in total. The van der Waals surface area contributed by atoms with Gasteiger partial charge in [0.2, 0.25) is 0 Å². The molecule has 0 aromatic heterocycles. The lowest BCUT2D eigenvalue weighted by Gasteiger charge is -2.61. The van der Waals surface area contributed by atoms with Gasteiger partial charge in [0.25, 0.3) is 0 Å². The fraction of sp³-hybridized carbons (Fsp3) is 0.905. The predicted octanol–water partition coefficient (Wildman–Crippen LogP) is 5.34. The number of allylic oxidation sites excluding steroid dienone is 1. The highest BCUT2D eigenvalue weighted by Crippen LogP contribution is 2.68. The molecule has 0 aromatic rings. The van der Waals surface area contributed by atoms with Gasteiger partial charge in [-0.25, -0.2) is 0 Å². The van der Waals surface area contributed by atoms with Crippen LogP contribution in [0.4, 0.5) is 0 Å². The molecule has 0 unspecified atom stereocenters. The van der Waals surface area contributed by atoms with E-state index in [9.17, 15) is 5.11 Å². The average Bonchev–Trinajstić information content (AvgIpc) is 2.68. The number of aliphatic hydroxyl groups is 1. The molecule has 0 aromatic carbocycles. The van der Waals surface area contributed by atoms with Gasteiger partial charge in [0.1, 0.15) is 0 Å². The Morgan fingerprint density at radius 1 is 0.955 bits per heavy atom. The standard InChI is InChI=1S/C21H34O/c1-14-5-6-15-7-8-16-17(19(15,2)13-14)9-11-20(3)18(16)10-12-21(20,4)22/h15-18,22H,1,5-13H2,2-4H3/t15-,16-,17-,18-,19+,20+,21+/m1/s1. The number of fused-ring (bicyclic) bond motifs is 5. The van der Waals surface area contributed by atoms with E-state index in [2.05, 4.69) is 27.4 Å². The van der Waals surface area contributed by atoms with E-state index in [4.69, 9.17) is 0 Å². The lowest BCUT2D eigenvalue weighted by Crippen LogP contribution is -2.55. The summed E-state index contributed by atoms with van der Waals surface area (Å²) in [7, 11) is 0. The van der Waals surface area contributed by atoms with E-state index in [1.165, 1.54) is 56.9 Å². The summed E-state index contributed by atoms with van der Waals surface area (Å²) in [5.74, 6) is 3.44. The van der Waals surface area contributed by atoms with Gasteiger partial charge < -0.3 is 5.11 Å². The van der Waals surface area contributed by atoms with Crippen LogP contribution in [0, 0.1) is 34.5 Å². The second kappa shape index (κ2) is 4.62. The van der Waals surface area contributed by atoms with E-state index in [0.717, 1.165) is 30.1 Å². The van der Waals surface area contributed by atoms with Gasteiger partial charge in [-0.3, -0.25) is 0 Å². The molecule has 4 aliphatic rings. The zero-order valence-electron chi connectivity index (χ0n) is 14.8. The quantitative estimate of drug-likeness (QED) is 0.599. The Hall–Kier alpha value is -0.300. The highest BCUT2D eigenvalue weighted by Gasteiger charge is 2.62. The van der Waals surface area contributed by atoms with Gasteiger partial charge in [-0.1, -0.05) is 26.0 Å². The number of hydrogen-bond acceptors (Lipinski definition) is 1. The second-order valence-corrected chi connectivity index (χ2v) is 9.89. The van der Waals surface area contributed by atoms with Gasteiger partial charge in [-0.2, -0.15) is 0 Å². The Morgan fingerprint density at radius 2 is 1.68 bits per heavy atom. The maximum absolute atomic E-state index is 11.0. The first-order valence-electron chi connectivity index (χ1n) is 9.67. The van der Waals surface area contributed by atoms with Crippen molar-refractivity contribution in [2.45, 2.75) is 84.2 Å². The summed E-state index contributed by atoms with van der Waals surface area (Å²) in [6.07, 6.45) is 11.6. The van der Waals surface area contributed by atoms with Gasteiger partial charge in [-0.15, -0.1) is 0 Å². The van der Waals surface area contributed by atoms with Crippen LogP contribution in [0.3, 0.4) is 0 Å². The maximum Gasteiger partial charge on any atom is 0.0675 e. The largest absolute Gasteiger partial charge is 0.390 e. The van der Waals surface area contributed by atoms with E-state index < -0.39 is 5.60 Å². The van der Waals surface area contributed by atoms with Gasteiger partial charge in [0, 0.05) is 0 Å². The lowest BCUT2D eigenvalue weighted by atomic mass is 9.44. The molecule has 0 saturated heterocycles. The molecular formula is C21H34O. The van der Waals surface area contributed by atoms with Crippen molar-refractivity contribution < 1.29 is 5.11 Å². The molecule has 0 bridgehead atoms. The molecule has 1 N–H and O–H groups in total. The Kier molecular flexibility index (Phi) is 3.20. The number of rotatable bonds is 0. The summed E-state index contributed by atoms with van der Waals surface area (Å²) in [6, 6.07) is 0. The molecule has 0 spiro atoms. The summed E-state index contributed by atoms with van der Waals surface area (Å²) in [6.45, 7) is 11.5. The highest BCUT2D eigenvalue weighted by molar-refractivity contribution is 5.16. The summed E-state index contributed by atoms with van der Waals surface area (Å²) in [5.41, 5.74) is 1.75. The van der Waals surface area contributed by atoms with Crippen LogP contribution >= 0.6 is 0 Å². The molecule has 0 heterocycles. The highest BCUT2D eigenvalue weighted by atomic mass is 16.3. The van der Waals surface area contributed by atoms with Crippen molar-refractivity contribution >= 4 is 0 Å². The fourth-order valence-corrected chi connectivity index (χ4v) is 7.53. The van der Waals surface area contributed by atoms with Crippen LogP contribution < -0.4 is 0 Å². The van der Waals surface area contributed by atoms with Gasteiger partial charge in [0.05, 0.1) is 5.60 Å². The van der Waals surface area contributed by atoms with E-state index >= 15 is 0 Å². The molecule has 4 saturated carbocycles. The fourth-order valence-electron chi connectivity index (χ4n) is 7.53. The van der Waals surface area contributed by atoms with Crippen LogP contribution in [-0.4, -0.2) is 10.7 Å². The summed E-state index contributed by atoms with van der Waals surface area (Å²) in [5, 5.41) is 11.0. The maximum atomic E-state index is 11.0. The molecule has 124 valence electrons. The third kappa shape index (κ3) is 1.81. The summed E-state index contributed by atoms with van der Waals surface area (Å²) < 4.78 is 0. The number of hydrogen-bond donors (Lipinski definition) is 1. The van der Waals surface area contributed by atoms with Crippen molar-refractivity contribution in [3.05, 3.63) is 12.2 Å². The first kappa shape index (κ1) is 15.2. The minimum absolute atomic E-state index is 0.170. The van der Waals surface area contributed by atoms with Crippen molar-refractivity contribution in [1.29, 1.82) is 0 Å². The molecule has 1 heteroatoms. The van der Waals surface area contributed by atoms with Crippen molar-refractivity contribution in [2.24, 2.45) is 34.5 Å². The lowest BCUT2D eigenvalue weighted by molar-refractivity contribution is -0.141. The monoisotopic (exact) mass is 302 g/mol. The first-order valence-corrected chi connectivity index (χ1v) is 9.67. The minimum Gasteiger partial charge on any atom is -0.390 e. The first-order chi connectivity index (χ1) is 10.3. The topological polar surface area (TPSA) is 20.2 Å². The summed E-state index contributed by atoms with van der Waals surface area (Å²) >= 11 is 0. The normalized spacial score (nSPS) is 57.9. The smallest absolute Gasteiger partial charge is 0.0675 e. The third-order valence-electron chi connectivity index (χ3n) is 9.10. The van der Waals surface area contributed by atoms with E-state index in [1.54, 1.807) is 0 Å². The van der Waals surface area contributed by atoms with Crippen LogP contribution in [0.25, 0.3) is 0 Å². The molecule has 22 heavy (non-hydrogen) atoms. The third-order valence-corrected chi connectivity index (χ3v) is 9.10. The zero-order chi connectivity index (χ0) is 15.8. The van der Waals surface area contributed by atoms with Gasteiger partial charge in [0.15, 0.2) is 0 Å². The van der Waals surface area contributed by atoms with Crippen LogP contribution in [0.2, 0.25) is 0 Å². The molecule has 0 amide bonds. The zero-order valence-corrected chi connectivity index (χ0v) is 14.8. The molecule has 4 fully saturated rings. The Morgan fingerprint density at radius 3 is 2.45 bits per heavy atom. The van der Waals surface area contributed by atoms with Crippen LogP contribution in [0.5, 0.6) is 0 Å². The van der Waals surface area contributed by atoms with Gasteiger partial charge in [-0.05, 0) is 99.2 Å². The molecular weight excluding hydrogens is 268 g/mol. The van der Waals surface area contributed by atoms with Crippen LogP contribution in [-0.2, 0) is 0 Å². The van der Waals surface area contributed by atoms with Crippen molar-refractivity contribution in [2.75, 3.05) is 0 Å². The van der Waals surface area contributed by atoms with Crippen LogP contribution in [0.15, 0.2) is 12.2 Å². The van der Waals surface area contributed by atoms with Crippen molar-refractivity contribution in [3.8, 4) is 0 Å². The second-order valence-electron chi connectivity index (χ2n) is 9.89. The average molecular weight is 303 g/mol. The minimum atomic E-state index is -0.434. The summed E-state index contributed by atoms with van der Waals surface area (Å²) in [4.78, 5) is 0. The van der Waals surface area contributed by atoms with Crippen molar-refractivity contribution in [1.82, 2.24) is 0 Å². The Balaban J connectivity index is 1.67. The van der Waals surface area contributed by atoms with Gasteiger partial charge >= 0.3 is 0 Å². The van der Waals surface area contributed by atoms with Crippen molar-refractivity contribution in [3.63, 3.8) is 0 Å². The predicted molar refractivity (Wildman–Crippen MR) is 91.5 cm³/mol. The van der Waals surface area contributed by atoms with E-state index in [-0.39, 0.29) is 5.41 Å². The van der Waals surface area contributed by atoms with Crippen LogP contribution in [0.1, 0.15) is 78.6 Å². The van der Waals surface area contributed by atoms with E-state index in [1.807, 2.05) is 0 Å². The van der Waals surface area contributed by atoms with E-state index in [0.29, 0.717) is 5.41 Å².